The first-order valence-corrected chi connectivity index (χ1v) is 9.66. The number of hydrogen-bond donors (Lipinski definition) is 2. The first-order chi connectivity index (χ1) is 12.7. The maximum absolute atomic E-state index is 12.4. The van der Waals surface area contributed by atoms with E-state index in [9.17, 15) is 4.79 Å². The van der Waals surface area contributed by atoms with Gasteiger partial charge in [0.25, 0.3) is 0 Å². The van der Waals surface area contributed by atoms with Crippen LogP contribution < -0.4 is 10.6 Å². The Labute approximate surface area is 158 Å². The number of amides is 2. The van der Waals surface area contributed by atoms with Crippen molar-refractivity contribution >= 4 is 23.3 Å². The number of fused-ring (bicyclic) bond motifs is 2. The fourth-order valence-electron chi connectivity index (χ4n) is 4.36. The molecule has 4 rings (SSSR count). The van der Waals surface area contributed by atoms with E-state index in [1.165, 1.54) is 19.3 Å². The van der Waals surface area contributed by atoms with Crippen molar-refractivity contribution in [1.29, 1.82) is 0 Å². The summed E-state index contributed by atoms with van der Waals surface area (Å²) in [7, 11) is 0. The lowest BCUT2D eigenvalue weighted by atomic mass is 9.81. The zero-order valence-corrected chi connectivity index (χ0v) is 15.4. The van der Waals surface area contributed by atoms with Crippen LogP contribution in [0.25, 0.3) is 0 Å². The van der Waals surface area contributed by atoms with Crippen LogP contribution in [0.2, 0.25) is 5.02 Å². The molecule has 2 saturated heterocycles. The Morgan fingerprint density at radius 1 is 1.19 bits per heavy atom. The van der Waals surface area contributed by atoms with Gasteiger partial charge in [-0.1, -0.05) is 24.1 Å². The van der Waals surface area contributed by atoms with Crippen molar-refractivity contribution in [2.75, 3.05) is 5.32 Å². The Bertz CT molecular complexity index is 735. The number of rotatable bonds is 4. The molecule has 2 aliphatic rings. The monoisotopic (exact) mass is 373 g/mol. The van der Waals surface area contributed by atoms with Crippen molar-refractivity contribution < 1.29 is 9.21 Å². The standard InChI is InChI=1S/C20H24ClN3O2/c21-14-4-1-5-15(10-14)22-20(25)23-16-11-17-6-2-7-18(12-16)24(17)13-19-8-3-9-26-19/h1,3-5,8-10,16-18H,2,6-7,11-13H2,(H2,22,23,25)/t17-,18-/m0/s1. The van der Waals surface area contributed by atoms with E-state index in [0.717, 1.165) is 25.1 Å². The van der Waals surface area contributed by atoms with Crippen LogP contribution in [0.4, 0.5) is 10.5 Å². The van der Waals surface area contributed by atoms with E-state index in [1.807, 2.05) is 24.3 Å². The number of nitrogens with one attached hydrogen (secondary N) is 2. The molecule has 2 aromatic rings. The van der Waals surface area contributed by atoms with Crippen LogP contribution in [-0.4, -0.2) is 29.1 Å². The number of piperidine rings is 2. The summed E-state index contributed by atoms with van der Waals surface area (Å²) >= 11 is 5.97. The van der Waals surface area contributed by atoms with Gasteiger partial charge in [0.15, 0.2) is 0 Å². The molecule has 0 spiro atoms. The van der Waals surface area contributed by atoms with Crippen LogP contribution in [0.15, 0.2) is 47.1 Å². The molecule has 138 valence electrons. The van der Waals surface area contributed by atoms with Crippen molar-refractivity contribution in [3.63, 3.8) is 0 Å². The third-order valence-electron chi connectivity index (χ3n) is 5.46. The minimum atomic E-state index is -0.158. The van der Waals surface area contributed by atoms with Gasteiger partial charge in [-0.2, -0.15) is 0 Å². The molecule has 2 N–H and O–H groups in total. The number of urea groups is 1. The molecule has 6 heteroatoms. The van der Waals surface area contributed by atoms with Gasteiger partial charge < -0.3 is 15.1 Å². The van der Waals surface area contributed by atoms with E-state index in [-0.39, 0.29) is 12.1 Å². The average molecular weight is 374 g/mol. The van der Waals surface area contributed by atoms with Crippen molar-refractivity contribution in [3.05, 3.63) is 53.4 Å². The molecule has 2 atom stereocenters. The van der Waals surface area contributed by atoms with Crippen LogP contribution in [0.1, 0.15) is 37.9 Å². The summed E-state index contributed by atoms with van der Waals surface area (Å²) in [5.74, 6) is 1.02. The van der Waals surface area contributed by atoms with Crippen molar-refractivity contribution in [2.45, 2.75) is 56.8 Å². The first kappa shape index (κ1) is 17.4. The lowest BCUT2D eigenvalue weighted by molar-refractivity contribution is 0.0150. The van der Waals surface area contributed by atoms with E-state index in [4.69, 9.17) is 16.0 Å². The topological polar surface area (TPSA) is 57.5 Å². The number of furan rings is 1. The molecule has 3 heterocycles. The number of anilines is 1. The highest BCUT2D eigenvalue weighted by molar-refractivity contribution is 6.30. The molecule has 0 unspecified atom stereocenters. The minimum Gasteiger partial charge on any atom is -0.468 e. The van der Waals surface area contributed by atoms with Gasteiger partial charge in [0.2, 0.25) is 0 Å². The number of halogens is 1. The molecule has 2 fully saturated rings. The van der Waals surface area contributed by atoms with Gasteiger partial charge in [0.1, 0.15) is 5.76 Å². The van der Waals surface area contributed by atoms with Gasteiger partial charge in [-0.3, -0.25) is 4.90 Å². The maximum Gasteiger partial charge on any atom is 0.319 e. The largest absolute Gasteiger partial charge is 0.468 e. The molecule has 2 bridgehead atoms. The number of carbonyl (C=O) groups excluding carboxylic acids is 1. The summed E-state index contributed by atoms with van der Waals surface area (Å²) in [6, 6.07) is 12.3. The van der Waals surface area contributed by atoms with Crippen LogP contribution >= 0.6 is 11.6 Å². The molecular formula is C20H24ClN3O2. The van der Waals surface area contributed by atoms with Crippen LogP contribution in [0.3, 0.4) is 0 Å². The number of hydrogen-bond acceptors (Lipinski definition) is 3. The third-order valence-corrected chi connectivity index (χ3v) is 5.70. The van der Waals surface area contributed by atoms with Gasteiger partial charge in [-0.15, -0.1) is 0 Å². The van der Waals surface area contributed by atoms with E-state index < -0.39 is 0 Å². The molecule has 0 saturated carbocycles. The molecule has 1 aromatic carbocycles. The smallest absolute Gasteiger partial charge is 0.319 e. The highest BCUT2D eigenvalue weighted by Crippen LogP contribution is 2.35. The summed E-state index contributed by atoms with van der Waals surface area (Å²) in [4.78, 5) is 14.9. The SMILES string of the molecule is O=C(Nc1cccc(Cl)c1)NC1C[C@@H]2CCC[C@@H](C1)N2Cc1ccco1. The zero-order valence-electron chi connectivity index (χ0n) is 14.7. The highest BCUT2D eigenvalue weighted by Gasteiger charge is 2.38. The van der Waals surface area contributed by atoms with Gasteiger partial charge in [-0.25, -0.2) is 4.79 Å². The normalized spacial score (nSPS) is 25.7. The average Bonchev–Trinajstić information content (AvgIpc) is 3.08. The summed E-state index contributed by atoms with van der Waals surface area (Å²) < 4.78 is 5.54. The zero-order chi connectivity index (χ0) is 17.9. The summed E-state index contributed by atoms with van der Waals surface area (Å²) in [6.45, 7) is 0.865. The maximum atomic E-state index is 12.4. The Morgan fingerprint density at radius 2 is 2.00 bits per heavy atom. The van der Waals surface area contributed by atoms with Crippen LogP contribution in [0, 0.1) is 0 Å². The summed E-state index contributed by atoms with van der Waals surface area (Å²) in [5, 5.41) is 6.65. The van der Waals surface area contributed by atoms with Gasteiger partial charge >= 0.3 is 6.03 Å². The van der Waals surface area contributed by atoms with Gasteiger partial charge in [0.05, 0.1) is 12.8 Å². The summed E-state index contributed by atoms with van der Waals surface area (Å²) in [6.07, 6.45) is 7.35. The quantitative estimate of drug-likeness (QED) is 0.820. The Balaban J connectivity index is 1.35. The predicted molar refractivity (Wildman–Crippen MR) is 102 cm³/mol. The molecule has 2 aliphatic heterocycles. The Kier molecular flexibility index (Phi) is 5.18. The van der Waals surface area contributed by atoms with Gasteiger partial charge in [0, 0.05) is 28.8 Å². The fourth-order valence-corrected chi connectivity index (χ4v) is 4.55. The van der Waals surface area contributed by atoms with Crippen molar-refractivity contribution in [1.82, 2.24) is 10.2 Å². The number of benzene rings is 1. The molecule has 0 radical (unpaired) electrons. The van der Waals surface area contributed by atoms with Crippen molar-refractivity contribution in [3.8, 4) is 0 Å². The molecule has 1 aromatic heterocycles. The van der Waals surface area contributed by atoms with Gasteiger partial charge in [-0.05, 0) is 56.0 Å². The van der Waals surface area contributed by atoms with Crippen molar-refractivity contribution in [2.24, 2.45) is 0 Å². The molecule has 2 amide bonds. The molecule has 5 nitrogen and oxygen atoms in total. The van der Waals surface area contributed by atoms with E-state index in [0.29, 0.717) is 22.8 Å². The Morgan fingerprint density at radius 3 is 2.69 bits per heavy atom. The molecular weight excluding hydrogens is 350 g/mol. The first-order valence-electron chi connectivity index (χ1n) is 9.28. The second kappa shape index (κ2) is 7.72. The second-order valence-corrected chi connectivity index (χ2v) is 7.70. The third kappa shape index (κ3) is 4.05. The number of carbonyl (C=O) groups is 1. The lowest BCUT2D eigenvalue weighted by Crippen LogP contribution is -2.56. The van der Waals surface area contributed by atoms with Crippen LogP contribution in [-0.2, 0) is 6.54 Å². The lowest BCUT2D eigenvalue weighted by Gasteiger charge is -2.48. The molecule has 26 heavy (non-hydrogen) atoms. The summed E-state index contributed by atoms with van der Waals surface area (Å²) in [5.41, 5.74) is 0.713. The van der Waals surface area contributed by atoms with E-state index in [1.54, 1.807) is 18.4 Å². The van der Waals surface area contributed by atoms with E-state index in [2.05, 4.69) is 15.5 Å². The fraction of sp³-hybridized carbons (Fsp3) is 0.450. The van der Waals surface area contributed by atoms with E-state index >= 15 is 0 Å². The number of nitrogens with zero attached hydrogens (tertiary/aromatic N) is 1. The molecule has 0 aliphatic carbocycles. The van der Waals surface area contributed by atoms with Crippen LogP contribution in [0.5, 0.6) is 0 Å². The minimum absolute atomic E-state index is 0.158. The predicted octanol–water partition coefficient (Wildman–Crippen LogP) is 4.64. The Hall–Kier alpha value is -1.98. The highest BCUT2D eigenvalue weighted by atomic mass is 35.5. The second-order valence-electron chi connectivity index (χ2n) is 7.27.